The highest BCUT2D eigenvalue weighted by molar-refractivity contribution is 6.31. The highest BCUT2D eigenvalue weighted by atomic mass is 35.5. The van der Waals surface area contributed by atoms with E-state index in [4.69, 9.17) is 20.8 Å². The topological polar surface area (TPSA) is 80.0 Å². The summed E-state index contributed by atoms with van der Waals surface area (Å²) >= 11 is 6.12. The molecule has 0 fully saturated rings. The minimum atomic E-state index is -0.689. The lowest BCUT2D eigenvalue weighted by molar-refractivity contribution is 0.0730. The van der Waals surface area contributed by atoms with Gasteiger partial charge in [0.25, 0.3) is 5.91 Å². The van der Waals surface area contributed by atoms with Gasteiger partial charge >= 0.3 is 0 Å². The number of aromatic hydroxyl groups is 1. The second-order valence-electron chi connectivity index (χ2n) is 7.88. The Morgan fingerprint density at radius 2 is 1.85 bits per heavy atom. The van der Waals surface area contributed by atoms with Gasteiger partial charge in [0, 0.05) is 11.6 Å². The molecule has 1 N–H and O–H groups in total. The Bertz CT molecular complexity index is 1430. The largest absolute Gasteiger partial charge is 0.504 e. The van der Waals surface area contributed by atoms with Crippen LogP contribution in [0, 0.1) is 0 Å². The summed E-state index contributed by atoms with van der Waals surface area (Å²) in [5, 5.41) is 10.8. The number of halogens is 1. The number of hydrogen-bond donors (Lipinski definition) is 1. The third-order valence-electron chi connectivity index (χ3n) is 5.93. The van der Waals surface area contributed by atoms with Crippen molar-refractivity contribution in [2.24, 2.45) is 0 Å². The maximum atomic E-state index is 13.6. The van der Waals surface area contributed by atoms with Crippen LogP contribution >= 0.6 is 11.6 Å². The Kier molecular flexibility index (Phi) is 5.30. The van der Waals surface area contributed by atoms with E-state index in [0.29, 0.717) is 34.5 Å². The number of hydrogen-bond acceptors (Lipinski definition) is 5. The van der Waals surface area contributed by atoms with Crippen LogP contribution in [0.5, 0.6) is 11.5 Å². The molecule has 0 bridgehead atoms. The number of benzene rings is 3. The van der Waals surface area contributed by atoms with E-state index >= 15 is 0 Å². The summed E-state index contributed by atoms with van der Waals surface area (Å²) in [6.45, 7) is 0.372. The Hall–Kier alpha value is -3.77. The molecule has 0 aliphatic carbocycles. The van der Waals surface area contributed by atoms with Gasteiger partial charge in [0.05, 0.1) is 24.1 Å². The third-order valence-corrected chi connectivity index (χ3v) is 6.17. The summed E-state index contributed by atoms with van der Waals surface area (Å²) in [7, 11) is 1.45. The first-order valence-corrected chi connectivity index (χ1v) is 10.8. The number of rotatable bonds is 5. The van der Waals surface area contributed by atoms with Gasteiger partial charge in [-0.15, -0.1) is 0 Å². The lowest BCUT2D eigenvalue weighted by Crippen LogP contribution is -2.31. The highest BCUT2D eigenvalue weighted by Gasteiger charge is 2.42. The zero-order valence-corrected chi connectivity index (χ0v) is 18.5. The van der Waals surface area contributed by atoms with Crippen molar-refractivity contribution in [2.75, 3.05) is 13.7 Å². The molecule has 5 rings (SSSR count). The quantitative estimate of drug-likeness (QED) is 0.455. The molecule has 6 nitrogen and oxygen atoms in total. The molecule has 166 valence electrons. The monoisotopic (exact) mass is 461 g/mol. The van der Waals surface area contributed by atoms with E-state index in [1.54, 1.807) is 35.2 Å². The van der Waals surface area contributed by atoms with Crippen LogP contribution < -0.4 is 10.2 Å². The minimum absolute atomic E-state index is 0.0277. The molecule has 4 aromatic rings. The van der Waals surface area contributed by atoms with Crippen LogP contribution in [0.3, 0.4) is 0 Å². The van der Waals surface area contributed by atoms with Crippen molar-refractivity contribution in [1.29, 1.82) is 0 Å². The Labute approximate surface area is 194 Å². The van der Waals surface area contributed by atoms with E-state index in [2.05, 4.69) is 0 Å². The average molecular weight is 462 g/mol. The van der Waals surface area contributed by atoms with E-state index in [1.165, 1.54) is 13.2 Å². The van der Waals surface area contributed by atoms with Crippen molar-refractivity contribution in [3.63, 3.8) is 0 Å². The van der Waals surface area contributed by atoms with Gasteiger partial charge in [-0.3, -0.25) is 9.59 Å². The summed E-state index contributed by atoms with van der Waals surface area (Å²) in [5.41, 5.74) is 1.97. The zero-order valence-electron chi connectivity index (χ0n) is 17.7. The van der Waals surface area contributed by atoms with Crippen molar-refractivity contribution < 1.29 is 19.1 Å². The fraction of sp³-hybridized carbons (Fsp3) is 0.154. The molecule has 0 saturated carbocycles. The minimum Gasteiger partial charge on any atom is -0.504 e. The second kappa shape index (κ2) is 8.30. The number of fused-ring (bicyclic) bond motifs is 2. The molecular formula is C26H20ClNO5. The van der Waals surface area contributed by atoms with Crippen LogP contribution in [0.25, 0.3) is 11.0 Å². The molecule has 0 spiro atoms. The van der Waals surface area contributed by atoms with Gasteiger partial charge in [-0.25, -0.2) is 0 Å². The van der Waals surface area contributed by atoms with Crippen LogP contribution in [0.1, 0.15) is 33.3 Å². The van der Waals surface area contributed by atoms with Gasteiger partial charge in [-0.1, -0.05) is 48.0 Å². The number of amides is 1. The summed E-state index contributed by atoms with van der Waals surface area (Å²) in [6, 6.07) is 18.7. The molecule has 1 aliphatic rings. The molecule has 0 unspecified atom stereocenters. The van der Waals surface area contributed by atoms with Crippen LogP contribution in [0.15, 0.2) is 75.9 Å². The predicted octanol–water partition coefficient (Wildman–Crippen LogP) is 4.95. The van der Waals surface area contributed by atoms with Crippen LogP contribution in [-0.2, 0) is 6.42 Å². The molecule has 7 heteroatoms. The Morgan fingerprint density at radius 3 is 2.61 bits per heavy atom. The number of phenols is 1. The van der Waals surface area contributed by atoms with Gasteiger partial charge in [0.15, 0.2) is 16.9 Å². The maximum absolute atomic E-state index is 13.6. The van der Waals surface area contributed by atoms with E-state index in [0.717, 1.165) is 5.56 Å². The van der Waals surface area contributed by atoms with Gasteiger partial charge in [0.2, 0.25) is 5.76 Å². The predicted molar refractivity (Wildman–Crippen MR) is 125 cm³/mol. The first kappa shape index (κ1) is 21.1. The molecular weight excluding hydrogens is 442 g/mol. The SMILES string of the molecule is COc1cc([C@@H]2c3c(oc4ccc(Cl)cc4c3=O)C(=O)N2CCc2ccccc2)ccc1O. The standard InChI is InChI=1S/C26H20ClNO5/c1-32-21-13-16(7-9-19(21)29)23-22-24(30)18-14-17(27)8-10-20(18)33-25(22)26(31)28(23)12-11-15-5-3-2-4-6-15/h2-10,13-14,23,29H,11-12H2,1H3/t23-/m1/s1. The Morgan fingerprint density at radius 1 is 1.06 bits per heavy atom. The lowest BCUT2D eigenvalue weighted by Gasteiger charge is -2.25. The van der Waals surface area contributed by atoms with Crippen molar-refractivity contribution >= 4 is 28.5 Å². The number of carbonyl (C=O) groups is 1. The summed E-state index contributed by atoms with van der Waals surface area (Å²) in [5.74, 6) is -0.101. The molecule has 1 amide bonds. The van der Waals surface area contributed by atoms with E-state index < -0.39 is 6.04 Å². The fourth-order valence-electron chi connectivity index (χ4n) is 4.33. The number of nitrogens with zero attached hydrogens (tertiary/aromatic N) is 1. The molecule has 0 radical (unpaired) electrons. The lowest BCUT2D eigenvalue weighted by atomic mass is 9.98. The van der Waals surface area contributed by atoms with Crippen LogP contribution in [-0.4, -0.2) is 29.6 Å². The van der Waals surface area contributed by atoms with Crippen molar-refractivity contribution in [2.45, 2.75) is 12.5 Å². The van der Waals surface area contributed by atoms with Crippen molar-refractivity contribution in [1.82, 2.24) is 4.90 Å². The normalized spacial score (nSPS) is 15.2. The molecule has 0 saturated heterocycles. The van der Waals surface area contributed by atoms with Gasteiger partial charge in [0.1, 0.15) is 5.58 Å². The first-order valence-electron chi connectivity index (χ1n) is 10.5. The average Bonchev–Trinajstić information content (AvgIpc) is 3.11. The number of ether oxygens (including phenoxy) is 1. The van der Waals surface area contributed by atoms with E-state index in [-0.39, 0.29) is 34.2 Å². The Balaban J connectivity index is 1.68. The smallest absolute Gasteiger partial charge is 0.290 e. The van der Waals surface area contributed by atoms with Crippen molar-refractivity contribution in [3.8, 4) is 11.5 Å². The van der Waals surface area contributed by atoms with Crippen LogP contribution in [0.4, 0.5) is 0 Å². The second-order valence-corrected chi connectivity index (χ2v) is 8.32. The molecule has 1 atom stereocenters. The maximum Gasteiger partial charge on any atom is 0.290 e. The van der Waals surface area contributed by atoms with Gasteiger partial charge in [-0.05, 0) is 47.9 Å². The van der Waals surface area contributed by atoms with Crippen molar-refractivity contribution in [3.05, 3.63) is 104 Å². The number of methoxy groups -OCH3 is 1. The summed E-state index contributed by atoms with van der Waals surface area (Å²) in [4.78, 5) is 28.7. The van der Waals surface area contributed by atoms with E-state index in [1.807, 2.05) is 30.3 Å². The third kappa shape index (κ3) is 3.62. The molecule has 3 aromatic carbocycles. The number of carbonyl (C=O) groups excluding carboxylic acids is 1. The molecule has 1 aromatic heterocycles. The summed E-state index contributed by atoms with van der Waals surface area (Å²) in [6.07, 6.45) is 0.603. The van der Waals surface area contributed by atoms with Gasteiger partial charge in [-0.2, -0.15) is 0 Å². The first-order chi connectivity index (χ1) is 16.0. The fourth-order valence-corrected chi connectivity index (χ4v) is 4.50. The molecule has 2 heterocycles. The summed E-state index contributed by atoms with van der Waals surface area (Å²) < 4.78 is 11.2. The molecule has 1 aliphatic heterocycles. The molecule has 33 heavy (non-hydrogen) atoms. The zero-order chi connectivity index (χ0) is 23.1. The highest BCUT2D eigenvalue weighted by Crippen LogP contribution is 2.40. The van der Waals surface area contributed by atoms with Gasteiger partial charge < -0.3 is 19.2 Å². The number of phenolic OH excluding ortho intramolecular Hbond substituents is 1. The van der Waals surface area contributed by atoms with Crippen LogP contribution in [0.2, 0.25) is 5.02 Å². The van der Waals surface area contributed by atoms with E-state index in [9.17, 15) is 14.7 Å².